The van der Waals surface area contributed by atoms with Crippen LogP contribution >= 0.6 is 22.6 Å². The molecule has 0 saturated carbocycles. The van der Waals surface area contributed by atoms with Gasteiger partial charge in [0, 0.05) is 5.56 Å². The van der Waals surface area contributed by atoms with E-state index in [1.165, 1.54) is 0 Å². The molecule has 92 valence electrons. The molecule has 1 aromatic heterocycles. The lowest BCUT2D eigenvalue weighted by molar-refractivity contribution is 0.0462. The Hall–Kier alpha value is -1.57. The molecule has 5 nitrogen and oxygen atoms in total. The summed E-state index contributed by atoms with van der Waals surface area (Å²) in [5, 5.41) is 11.0. The van der Waals surface area contributed by atoms with Gasteiger partial charge in [0.15, 0.2) is 5.69 Å². The molecule has 0 atom stereocenters. The third-order valence-corrected chi connectivity index (χ3v) is 3.37. The Labute approximate surface area is 118 Å². The zero-order valence-electron chi connectivity index (χ0n) is 9.63. The molecular weight excluding hydrogens is 345 g/mol. The summed E-state index contributed by atoms with van der Waals surface area (Å²) in [7, 11) is 0. The third-order valence-electron chi connectivity index (χ3n) is 2.35. The maximum atomic E-state index is 11.8. The minimum atomic E-state index is -0.482. The first-order valence-corrected chi connectivity index (χ1v) is 6.33. The van der Waals surface area contributed by atoms with Crippen LogP contribution in [-0.4, -0.2) is 21.4 Å². The van der Waals surface area contributed by atoms with E-state index in [1.807, 2.05) is 52.9 Å². The molecule has 6 heteroatoms. The van der Waals surface area contributed by atoms with Crippen LogP contribution in [0, 0.1) is 10.6 Å². The molecule has 0 saturated heterocycles. The van der Waals surface area contributed by atoms with Gasteiger partial charge in [0.1, 0.15) is 10.3 Å². The predicted octanol–water partition coefficient (Wildman–Crippen LogP) is 2.14. The molecule has 0 aliphatic heterocycles. The number of hydrogen-bond acceptors (Lipinski definition) is 5. The van der Waals surface area contributed by atoms with Crippen LogP contribution in [0.25, 0.3) is 0 Å². The van der Waals surface area contributed by atoms with E-state index in [4.69, 9.17) is 4.74 Å². The molecule has 0 N–H and O–H groups in total. The first-order valence-electron chi connectivity index (χ1n) is 5.25. The zero-order chi connectivity index (χ0) is 13.0. The van der Waals surface area contributed by atoms with Crippen molar-refractivity contribution in [2.75, 3.05) is 0 Å². The summed E-state index contributed by atoms with van der Waals surface area (Å²) in [6.07, 6.45) is 0. The van der Waals surface area contributed by atoms with Crippen LogP contribution in [0.4, 0.5) is 0 Å². The Morgan fingerprint density at radius 3 is 2.72 bits per heavy atom. The average Bonchev–Trinajstić information content (AvgIpc) is 2.40. The molecule has 0 radical (unpaired) electrons. The number of aromatic nitrogens is 3. The summed E-state index contributed by atoms with van der Waals surface area (Å²) in [6, 6.07) is 9.48. The first kappa shape index (κ1) is 12.9. The second-order valence-corrected chi connectivity index (χ2v) is 4.64. The largest absolute Gasteiger partial charge is 0.456 e. The van der Waals surface area contributed by atoms with E-state index in [0.717, 1.165) is 5.56 Å². The van der Waals surface area contributed by atoms with Gasteiger partial charge in [-0.15, -0.1) is 10.2 Å². The minimum absolute atomic E-state index is 0.213. The summed E-state index contributed by atoms with van der Waals surface area (Å²) in [4.78, 5) is 11.8. The monoisotopic (exact) mass is 355 g/mol. The number of rotatable bonds is 3. The normalized spacial score (nSPS) is 10.1. The van der Waals surface area contributed by atoms with Crippen molar-refractivity contribution < 1.29 is 9.53 Å². The summed E-state index contributed by atoms with van der Waals surface area (Å²) in [6.45, 7) is 1.99. The van der Waals surface area contributed by atoms with E-state index >= 15 is 0 Å². The molecule has 2 rings (SSSR count). The van der Waals surface area contributed by atoms with Crippen LogP contribution in [0.5, 0.6) is 0 Å². The highest BCUT2D eigenvalue weighted by Gasteiger charge is 2.15. The van der Waals surface area contributed by atoms with Gasteiger partial charge in [-0.2, -0.15) is 0 Å². The van der Waals surface area contributed by atoms with Crippen molar-refractivity contribution in [1.29, 1.82) is 0 Å². The minimum Gasteiger partial charge on any atom is -0.456 e. The Balaban J connectivity index is 2.07. The van der Waals surface area contributed by atoms with Crippen molar-refractivity contribution in [1.82, 2.24) is 15.4 Å². The summed E-state index contributed by atoms with van der Waals surface area (Å²) < 4.78 is 5.82. The molecule has 1 heterocycles. The summed E-state index contributed by atoms with van der Waals surface area (Å²) in [5.74, 6) is -0.482. The third kappa shape index (κ3) is 3.00. The Morgan fingerprint density at radius 2 is 2.00 bits per heavy atom. The molecular formula is C12H10IN3O2. The molecule has 0 spiro atoms. The van der Waals surface area contributed by atoms with Crippen LogP contribution in [-0.2, 0) is 11.3 Å². The SMILES string of the molecule is Cc1c(I)nnnc1C(=O)OCc1ccccc1. The fraction of sp³-hybridized carbons (Fsp3) is 0.167. The van der Waals surface area contributed by atoms with Gasteiger partial charge in [-0.05, 0) is 40.3 Å². The Morgan fingerprint density at radius 1 is 1.28 bits per heavy atom. The van der Waals surface area contributed by atoms with Gasteiger partial charge in [0.05, 0.1) is 0 Å². The molecule has 0 bridgehead atoms. The second-order valence-electron chi connectivity index (χ2n) is 3.62. The molecule has 0 aliphatic carbocycles. The molecule has 0 amide bonds. The molecule has 1 aromatic carbocycles. The predicted molar refractivity (Wildman–Crippen MR) is 72.8 cm³/mol. The smallest absolute Gasteiger partial charge is 0.359 e. The highest BCUT2D eigenvalue weighted by Crippen LogP contribution is 2.11. The first-order chi connectivity index (χ1) is 8.68. The number of carbonyl (C=O) groups is 1. The van der Waals surface area contributed by atoms with Gasteiger partial charge < -0.3 is 4.74 Å². The van der Waals surface area contributed by atoms with Crippen molar-refractivity contribution in [2.24, 2.45) is 0 Å². The number of carbonyl (C=O) groups excluding carboxylic acids is 1. The van der Waals surface area contributed by atoms with Crippen LogP contribution in [0.3, 0.4) is 0 Å². The summed E-state index contributed by atoms with van der Waals surface area (Å²) >= 11 is 2.00. The maximum Gasteiger partial charge on any atom is 0.359 e. The lowest BCUT2D eigenvalue weighted by Gasteiger charge is -2.05. The van der Waals surface area contributed by atoms with E-state index < -0.39 is 5.97 Å². The Kier molecular flexibility index (Phi) is 4.19. The maximum absolute atomic E-state index is 11.8. The topological polar surface area (TPSA) is 65.0 Å². The number of nitrogens with zero attached hydrogens (tertiary/aromatic N) is 3. The van der Waals surface area contributed by atoms with E-state index in [2.05, 4.69) is 15.4 Å². The fourth-order valence-electron chi connectivity index (χ4n) is 1.34. The van der Waals surface area contributed by atoms with Gasteiger partial charge >= 0.3 is 5.97 Å². The van der Waals surface area contributed by atoms with Crippen LogP contribution < -0.4 is 0 Å². The van der Waals surface area contributed by atoms with E-state index in [-0.39, 0.29) is 12.3 Å². The van der Waals surface area contributed by atoms with Gasteiger partial charge in [-0.25, -0.2) is 4.79 Å². The summed E-state index contributed by atoms with van der Waals surface area (Å²) in [5.41, 5.74) is 1.83. The van der Waals surface area contributed by atoms with Crippen molar-refractivity contribution >= 4 is 28.6 Å². The Bertz CT molecular complexity index is 561. The highest BCUT2D eigenvalue weighted by atomic mass is 127. The number of benzene rings is 1. The number of esters is 1. The van der Waals surface area contributed by atoms with E-state index in [9.17, 15) is 4.79 Å². The van der Waals surface area contributed by atoms with Crippen molar-refractivity contribution in [3.05, 3.63) is 50.9 Å². The van der Waals surface area contributed by atoms with E-state index in [0.29, 0.717) is 9.26 Å². The lowest BCUT2D eigenvalue weighted by Crippen LogP contribution is -2.12. The van der Waals surface area contributed by atoms with Gasteiger partial charge in [0.25, 0.3) is 0 Å². The number of halogens is 1. The molecule has 18 heavy (non-hydrogen) atoms. The fourth-order valence-corrected chi connectivity index (χ4v) is 1.69. The van der Waals surface area contributed by atoms with Crippen molar-refractivity contribution in [3.8, 4) is 0 Å². The molecule has 0 aliphatic rings. The number of hydrogen-bond donors (Lipinski definition) is 0. The van der Waals surface area contributed by atoms with Gasteiger partial charge in [-0.3, -0.25) is 0 Å². The van der Waals surface area contributed by atoms with Crippen LogP contribution in [0.15, 0.2) is 30.3 Å². The standard InChI is InChI=1S/C12H10IN3O2/c1-8-10(14-16-15-11(8)13)12(17)18-7-9-5-3-2-4-6-9/h2-6H,7H2,1H3. The van der Waals surface area contributed by atoms with Crippen LogP contribution in [0.1, 0.15) is 21.6 Å². The highest BCUT2D eigenvalue weighted by molar-refractivity contribution is 14.1. The second kappa shape index (κ2) is 5.85. The van der Waals surface area contributed by atoms with Crippen molar-refractivity contribution in [2.45, 2.75) is 13.5 Å². The molecule has 0 fully saturated rings. The molecule has 2 aromatic rings. The van der Waals surface area contributed by atoms with Gasteiger partial charge in [0.2, 0.25) is 0 Å². The zero-order valence-corrected chi connectivity index (χ0v) is 11.8. The quantitative estimate of drug-likeness (QED) is 0.624. The van der Waals surface area contributed by atoms with Crippen molar-refractivity contribution in [3.63, 3.8) is 0 Å². The number of ether oxygens (including phenoxy) is 1. The lowest BCUT2D eigenvalue weighted by atomic mass is 10.2. The molecule has 0 unspecified atom stereocenters. The average molecular weight is 355 g/mol. The van der Waals surface area contributed by atoms with Gasteiger partial charge in [-0.1, -0.05) is 30.3 Å². The van der Waals surface area contributed by atoms with Crippen LogP contribution in [0.2, 0.25) is 0 Å². The van der Waals surface area contributed by atoms with E-state index in [1.54, 1.807) is 6.92 Å².